The number of benzene rings is 2. The molecule has 1 saturated heterocycles. The number of carbonyl (C=O) groups excluding carboxylic acids is 1. The van der Waals surface area contributed by atoms with Gasteiger partial charge in [0.05, 0.1) is 29.0 Å². The van der Waals surface area contributed by atoms with Crippen molar-refractivity contribution in [3.8, 4) is 5.69 Å². The van der Waals surface area contributed by atoms with Crippen molar-refractivity contribution in [1.29, 1.82) is 0 Å². The number of para-hydroxylation sites is 1. The van der Waals surface area contributed by atoms with Gasteiger partial charge in [0.15, 0.2) is 0 Å². The molecule has 1 aliphatic heterocycles. The van der Waals surface area contributed by atoms with Crippen molar-refractivity contribution in [2.45, 2.75) is 12.7 Å². The first-order valence-electron chi connectivity index (χ1n) is 8.10. The number of aromatic nitrogens is 2. The van der Waals surface area contributed by atoms with Gasteiger partial charge in [-0.15, -0.1) is 0 Å². The molecule has 2 aromatic carbocycles. The fourth-order valence-corrected chi connectivity index (χ4v) is 3.08. The van der Waals surface area contributed by atoms with E-state index in [9.17, 15) is 18.0 Å². The van der Waals surface area contributed by atoms with E-state index in [-0.39, 0.29) is 6.03 Å². The fourth-order valence-electron chi connectivity index (χ4n) is 3.08. The lowest BCUT2D eigenvalue weighted by Gasteiger charge is -2.12. The third-order valence-corrected chi connectivity index (χ3v) is 4.39. The molecule has 1 aliphatic rings. The molecule has 0 spiro atoms. The predicted molar refractivity (Wildman–Crippen MR) is 89.9 cm³/mol. The van der Waals surface area contributed by atoms with Crippen molar-refractivity contribution in [3.63, 3.8) is 0 Å². The van der Waals surface area contributed by atoms with Crippen LogP contribution in [0.15, 0.2) is 48.5 Å². The van der Waals surface area contributed by atoms with Crippen LogP contribution >= 0.6 is 0 Å². The van der Waals surface area contributed by atoms with Crippen molar-refractivity contribution in [1.82, 2.24) is 20.0 Å². The summed E-state index contributed by atoms with van der Waals surface area (Å²) in [5.41, 5.74) is 1.32. The standard InChI is InChI=1S/C18H15F3N4O/c19-18(20,21)12-5-7-13(8-6-12)25-16-4-2-1-3-14(16)15(23-25)11-24-10-9-22-17(24)26/h1-8H,9-11H2,(H,22,26). The lowest BCUT2D eigenvalue weighted by atomic mass is 10.2. The first kappa shape index (κ1) is 16.4. The van der Waals surface area contributed by atoms with Gasteiger partial charge in [-0.3, -0.25) is 0 Å². The molecule has 4 rings (SSSR count). The molecular weight excluding hydrogens is 345 g/mol. The molecule has 8 heteroatoms. The Morgan fingerprint density at radius 1 is 1.08 bits per heavy atom. The van der Waals surface area contributed by atoms with E-state index in [4.69, 9.17) is 0 Å². The highest BCUT2D eigenvalue weighted by molar-refractivity contribution is 5.84. The number of rotatable bonds is 3. The number of hydrogen-bond donors (Lipinski definition) is 1. The molecule has 1 fully saturated rings. The zero-order chi connectivity index (χ0) is 18.3. The number of halogens is 3. The van der Waals surface area contributed by atoms with Gasteiger partial charge in [-0.25, -0.2) is 9.48 Å². The molecule has 0 atom stereocenters. The minimum absolute atomic E-state index is 0.141. The SMILES string of the molecule is O=C1NCCN1Cc1nn(-c2ccc(C(F)(F)F)cc2)c2ccccc12. The van der Waals surface area contributed by atoms with Gasteiger partial charge in [0.2, 0.25) is 0 Å². The van der Waals surface area contributed by atoms with Crippen LogP contribution in [0.3, 0.4) is 0 Å². The molecule has 1 N–H and O–H groups in total. The average molecular weight is 360 g/mol. The van der Waals surface area contributed by atoms with E-state index in [2.05, 4.69) is 10.4 Å². The minimum atomic E-state index is -4.38. The molecule has 2 heterocycles. The number of nitrogens with one attached hydrogen (secondary N) is 1. The summed E-state index contributed by atoms with van der Waals surface area (Å²) in [5, 5.41) is 8.17. The third kappa shape index (κ3) is 2.87. The third-order valence-electron chi connectivity index (χ3n) is 4.39. The monoisotopic (exact) mass is 360 g/mol. The normalized spacial score (nSPS) is 14.9. The quantitative estimate of drug-likeness (QED) is 0.776. The highest BCUT2D eigenvalue weighted by Gasteiger charge is 2.30. The Kier molecular flexibility index (Phi) is 3.82. The van der Waals surface area contributed by atoms with Crippen molar-refractivity contribution < 1.29 is 18.0 Å². The Hall–Kier alpha value is -3.03. The molecule has 0 unspecified atom stereocenters. The van der Waals surface area contributed by atoms with Crippen molar-refractivity contribution in [3.05, 3.63) is 59.8 Å². The van der Waals surface area contributed by atoms with Gasteiger partial charge >= 0.3 is 12.2 Å². The van der Waals surface area contributed by atoms with E-state index in [0.29, 0.717) is 31.0 Å². The first-order chi connectivity index (χ1) is 12.4. The molecule has 1 aromatic heterocycles. The largest absolute Gasteiger partial charge is 0.416 e. The topological polar surface area (TPSA) is 50.2 Å². The van der Waals surface area contributed by atoms with Crippen LogP contribution in [0.25, 0.3) is 16.6 Å². The van der Waals surface area contributed by atoms with Crippen LogP contribution in [-0.4, -0.2) is 33.8 Å². The Morgan fingerprint density at radius 3 is 2.46 bits per heavy atom. The molecular formula is C18H15F3N4O. The molecule has 3 aromatic rings. The second-order valence-corrected chi connectivity index (χ2v) is 6.07. The number of hydrogen-bond acceptors (Lipinski definition) is 2. The summed E-state index contributed by atoms with van der Waals surface area (Å²) >= 11 is 0. The number of alkyl halides is 3. The lowest BCUT2D eigenvalue weighted by Crippen LogP contribution is -2.27. The molecule has 0 radical (unpaired) electrons. The van der Waals surface area contributed by atoms with Crippen LogP contribution < -0.4 is 5.32 Å². The molecule has 0 aliphatic carbocycles. The summed E-state index contributed by atoms with van der Waals surface area (Å²) in [7, 11) is 0. The van der Waals surface area contributed by atoms with E-state index < -0.39 is 11.7 Å². The Labute approximate surface area is 147 Å². The van der Waals surface area contributed by atoms with Crippen LogP contribution in [0.1, 0.15) is 11.3 Å². The van der Waals surface area contributed by atoms with Crippen molar-refractivity contribution in [2.75, 3.05) is 13.1 Å². The summed E-state index contributed by atoms with van der Waals surface area (Å²) in [6.45, 7) is 1.54. The first-order valence-corrected chi connectivity index (χ1v) is 8.10. The van der Waals surface area contributed by atoms with Gasteiger partial charge < -0.3 is 10.2 Å². The molecule has 0 saturated carbocycles. The highest BCUT2D eigenvalue weighted by Crippen LogP contribution is 2.30. The predicted octanol–water partition coefficient (Wildman–Crippen LogP) is 3.57. The molecule has 2 amide bonds. The van der Waals surface area contributed by atoms with E-state index >= 15 is 0 Å². The number of fused-ring (bicyclic) bond motifs is 1. The minimum Gasteiger partial charge on any atom is -0.336 e. The number of carbonyl (C=O) groups is 1. The fraction of sp³-hybridized carbons (Fsp3) is 0.222. The second-order valence-electron chi connectivity index (χ2n) is 6.07. The smallest absolute Gasteiger partial charge is 0.336 e. The van der Waals surface area contributed by atoms with Gasteiger partial charge in [0.25, 0.3) is 0 Å². The molecule has 5 nitrogen and oxygen atoms in total. The Bertz CT molecular complexity index is 963. The maximum Gasteiger partial charge on any atom is 0.416 e. The summed E-state index contributed by atoms with van der Waals surface area (Å²) in [4.78, 5) is 13.5. The molecule has 0 bridgehead atoms. The van der Waals surface area contributed by atoms with Crippen LogP contribution in [0, 0.1) is 0 Å². The van der Waals surface area contributed by atoms with Gasteiger partial charge in [0, 0.05) is 18.5 Å². The average Bonchev–Trinajstić information content (AvgIpc) is 3.19. The van der Waals surface area contributed by atoms with E-state index in [0.717, 1.165) is 23.0 Å². The Balaban J connectivity index is 1.75. The van der Waals surface area contributed by atoms with Gasteiger partial charge in [-0.2, -0.15) is 18.3 Å². The zero-order valence-electron chi connectivity index (χ0n) is 13.6. The maximum atomic E-state index is 12.8. The van der Waals surface area contributed by atoms with E-state index in [1.807, 2.05) is 24.3 Å². The van der Waals surface area contributed by atoms with Crippen molar-refractivity contribution >= 4 is 16.9 Å². The molecule has 134 valence electrons. The van der Waals surface area contributed by atoms with Gasteiger partial charge in [-0.05, 0) is 30.3 Å². The summed E-state index contributed by atoms with van der Waals surface area (Å²) in [6, 6.07) is 12.2. The zero-order valence-corrected chi connectivity index (χ0v) is 13.6. The van der Waals surface area contributed by atoms with Gasteiger partial charge in [-0.1, -0.05) is 18.2 Å². The summed E-state index contributed by atoms with van der Waals surface area (Å²) in [5.74, 6) is 0. The number of urea groups is 1. The summed E-state index contributed by atoms with van der Waals surface area (Å²) < 4.78 is 39.9. The van der Waals surface area contributed by atoms with Crippen LogP contribution in [-0.2, 0) is 12.7 Å². The lowest BCUT2D eigenvalue weighted by molar-refractivity contribution is -0.137. The maximum absolute atomic E-state index is 12.8. The van der Waals surface area contributed by atoms with Crippen molar-refractivity contribution in [2.24, 2.45) is 0 Å². The van der Waals surface area contributed by atoms with Crippen LogP contribution in [0.4, 0.5) is 18.0 Å². The highest BCUT2D eigenvalue weighted by atomic mass is 19.4. The van der Waals surface area contributed by atoms with Gasteiger partial charge in [0.1, 0.15) is 0 Å². The number of amides is 2. The van der Waals surface area contributed by atoms with E-state index in [1.165, 1.54) is 12.1 Å². The molecule has 26 heavy (non-hydrogen) atoms. The number of nitrogens with zero attached hydrogens (tertiary/aromatic N) is 3. The van der Waals surface area contributed by atoms with Crippen LogP contribution in [0.5, 0.6) is 0 Å². The second kappa shape index (κ2) is 6.05. The van der Waals surface area contributed by atoms with Crippen LogP contribution in [0.2, 0.25) is 0 Å². The summed E-state index contributed by atoms with van der Waals surface area (Å²) in [6.07, 6.45) is -4.38. The van der Waals surface area contributed by atoms with E-state index in [1.54, 1.807) is 9.58 Å². The Morgan fingerprint density at radius 2 is 1.81 bits per heavy atom.